The van der Waals surface area contributed by atoms with Crippen molar-refractivity contribution in [2.75, 3.05) is 43.0 Å². The second kappa shape index (κ2) is 7.98. The van der Waals surface area contributed by atoms with Gasteiger partial charge in [-0.15, -0.1) is 5.10 Å². The summed E-state index contributed by atoms with van der Waals surface area (Å²) in [5, 5.41) is 11.7. The van der Waals surface area contributed by atoms with Crippen LogP contribution in [0.25, 0.3) is 0 Å². The number of carbonyl (C=O) groups is 1. The van der Waals surface area contributed by atoms with Crippen LogP contribution in [0, 0.1) is 0 Å². The van der Waals surface area contributed by atoms with Gasteiger partial charge in [0, 0.05) is 36.9 Å². The van der Waals surface area contributed by atoms with Gasteiger partial charge in [-0.05, 0) is 25.1 Å². The number of nitrogens with zero attached hydrogens (tertiary/aromatic N) is 5. The number of anilines is 3. The average Bonchev–Trinajstić information content (AvgIpc) is 2.62. The van der Waals surface area contributed by atoms with Crippen LogP contribution in [0.3, 0.4) is 0 Å². The molecular formula is C16H19ClN6O2. The Hall–Kier alpha value is -2.61. The van der Waals surface area contributed by atoms with E-state index in [1.165, 1.54) is 0 Å². The van der Waals surface area contributed by atoms with Crippen LogP contribution in [-0.2, 0) is 4.74 Å². The minimum absolute atomic E-state index is 0.272. The molecule has 0 radical (unpaired) electrons. The average molecular weight is 363 g/mol. The lowest BCUT2D eigenvalue weighted by molar-refractivity contribution is 0.105. The SMILES string of the molecule is CCOC(=O)N1CCN(c2cnnc(Nc3cccc(Cl)c3)n2)CC1. The molecule has 0 atom stereocenters. The molecule has 0 aliphatic carbocycles. The van der Waals surface area contributed by atoms with Gasteiger partial charge in [0.1, 0.15) is 0 Å². The summed E-state index contributed by atoms with van der Waals surface area (Å²) >= 11 is 5.98. The highest BCUT2D eigenvalue weighted by Crippen LogP contribution is 2.19. The van der Waals surface area contributed by atoms with Gasteiger partial charge < -0.3 is 19.9 Å². The van der Waals surface area contributed by atoms with Crippen molar-refractivity contribution in [2.24, 2.45) is 0 Å². The Morgan fingerprint density at radius 2 is 2.12 bits per heavy atom. The number of piperazine rings is 1. The Kier molecular flexibility index (Phi) is 5.49. The van der Waals surface area contributed by atoms with E-state index in [0.717, 1.165) is 5.69 Å². The fraction of sp³-hybridized carbons (Fsp3) is 0.375. The number of hydrogen-bond donors (Lipinski definition) is 1. The second-order valence-electron chi connectivity index (χ2n) is 5.45. The Morgan fingerprint density at radius 1 is 1.32 bits per heavy atom. The van der Waals surface area contributed by atoms with Gasteiger partial charge in [-0.2, -0.15) is 10.1 Å². The third-order valence-electron chi connectivity index (χ3n) is 3.76. The van der Waals surface area contributed by atoms with Crippen molar-refractivity contribution in [2.45, 2.75) is 6.92 Å². The lowest BCUT2D eigenvalue weighted by atomic mass is 10.3. The van der Waals surface area contributed by atoms with E-state index in [4.69, 9.17) is 16.3 Å². The molecule has 0 saturated carbocycles. The summed E-state index contributed by atoms with van der Waals surface area (Å²) in [7, 11) is 0. The maximum atomic E-state index is 11.8. The quantitative estimate of drug-likeness (QED) is 0.894. The fourth-order valence-electron chi connectivity index (χ4n) is 2.53. The summed E-state index contributed by atoms with van der Waals surface area (Å²) in [6.07, 6.45) is 1.34. The molecule has 25 heavy (non-hydrogen) atoms. The van der Waals surface area contributed by atoms with Crippen LogP contribution in [0.4, 0.5) is 22.2 Å². The second-order valence-corrected chi connectivity index (χ2v) is 5.88. The summed E-state index contributed by atoms with van der Waals surface area (Å²) in [5.74, 6) is 1.11. The lowest BCUT2D eigenvalue weighted by Crippen LogP contribution is -2.49. The van der Waals surface area contributed by atoms with Gasteiger partial charge in [0.2, 0.25) is 5.95 Å². The molecule has 1 amide bonds. The predicted octanol–water partition coefficient (Wildman–Crippen LogP) is 2.55. The summed E-state index contributed by atoms with van der Waals surface area (Å²) in [6.45, 7) is 4.67. The smallest absolute Gasteiger partial charge is 0.409 e. The first-order chi connectivity index (χ1) is 12.2. The number of carbonyl (C=O) groups excluding carboxylic acids is 1. The van der Waals surface area contributed by atoms with E-state index in [1.54, 1.807) is 30.2 Å². The molecule has 0 bridgehead atoms. The number of ether oxygens (including phenoxy) is 1. The summed E-state index contributed by atoms with van der Waals surface area (Å²) in [5.41, 5.74) is 0.790. The molecule has 1 aromatic heterocycles. The summed E-state index contributed by atoms with van der Waals surface area (Å²) < 4.78 is 5.03. The van der Waals surface area contributed by atoms with Gasteiger partial charge in [-0.3, -0.25) is 0 Å². The summed E-state index contributed by atoms with van der Waals surface area (Å²) in [4.78, 5) is 20.0. The van der Waals surface area contributed by atoms with E-state index in [1.807, 2.05) is 12.1 Å². The predicted molar refractivity (Wildman–Crippen MR) is 95.4 cm³/mol. The molecule has 1 N–H and O–H groups in total. The zero-order valence-electron chi connectivity index (χ0n) is 13.9. The van der Waals surface area contributed by atoms with Crippen molar-refractivity contribution in [3.63, 3.8) is 0 Å². The van der Waals surface area contributed by atoms with Gasteiger partial charge in [-0.25, -0.2) is 4.79 Å². The van der Waals surface area contributed by atoms with E-state index >= 15 is 0 Å². The van der Waals surface area contributed by atoms with Crippen LogP contribution in [0.1, 0.15) is 6.92 Å². The monoisotopic (exact) mass is 362 g/mol. The Balaban J connectivity index is 1.63. The summed E-state index contributed by atoms with van der Waals surface area (Å²) in [6, 6.07) is 7.30. The van der Waals surface area contributed by atoms with Crippen LogP contribution in [0.5, 0.6) is 0 Å². The number of benzene rings is 1. The maximum absolute atomic E-state index is 11.8. The standard InChI is InChI=1S/C16H19ClN6O2/c1-2-25-16(24)23-8-6-22(7-9-23)14-11-18-21-15(20-14)19-13-5-3-4-12(17)10-13/h3-5,10-11H,2,6-9H2,1H3,(H,19,20,21). The molecule has 1 aliphatic rings. The Morgan fingerprint density at radius 3 is 2.84 bits per heavy atom. The van der Waals surface area contributed by atoms with Gasteiger partial charge in [0.25, 0.3) is 0 Å². The fourth-order valence-corrected chi connectivity index (χ4v) is 2.72. The Bertz CT molecular complexity index is 736. The lowest BCUT2D eigenvalue weighted by Gasteiger charge is -2.34. The molecule has 1 saturated heterocycles. The molecular weight excluding hydrogens is 344 g/mol. The molecule has 1 aromatic carbocycles. The molecule has 0 spiro atoms. The van der Waals surface area contributed by atoms with Crippen molar-refractivity contribution in [1.29, 1.82) is 0 Å². The zero-order valence-corrected chi connectivity index (χ0v) is 14.6. The number of aromatic nitrogens is 3. The number of hydrogen-bond acceptors (Lipinski definition) is 7. The normalized spacial score (nSPS) is 14.3. The van der Waals surface area contributed by atoms with E-state index < -0.39 is 0 Å². The highest BCUT2D eigenvalue weighted by atomic mass is 35.5. The number of rotatable bonds is 4. The molecule has 132 valence electrons. The van der Waals surface area contributed by atoms with Crippen LogP contribution in [0.15, 0.2) is 30.5 Å². The van der Waals surface area contributed by atoms with E-state index in [2.05, 4.69) is 25.4 Å². The van der Waals surface area contributed by atoms with Crippen LogP contribution in [-0.4, -0.2) is 59.0 Å². The number of amides is 1. The maximum Gasteiger partial charge on any atom is 0.409 e. The first-order valence-electron chi connectivity index (χ1n) is 8.04. The number of nitrogens with one attached hydrogen (secondary N) is 1. The topological polar surface area (TPSA) is 83.5 Å². The molecule has 2 aromatic rings. The molecule has 0 unspecified atom stereocenters. The van der Waals surface area contributed by atoms with Crippen molar-refractivity contribution in [1.82, 2.24) is 20.1 Å². The van der Waals surface area contributed by atoms with Crippen molar-refractivity contribution >= 4 is 35.1 Å². The van der Waals surface area contributed by atoms with Gasteiger partial charge in [0.05, 0.1) is 12.8 Å². The van der Waals surface area contributed by atoms with Crippen molar-refractivity contribution in [3.8, 4) is 0 Å². The van der Waals surface area contributed by atoms with Gasteiger partial charge in [-0.1, -0.05) is 17.7 Å². The molecule has 1 aliphatic heterocycles. The highest BCUT2D eigenvalue weighted by molar-refractivity contribution is 6.30. The van der Waals surface area contributed by atoms with Crippen LogP contribution in [0.2, 0.25) is 5.02 Å². The molecule has 9 heteroatoms. The minimum Gasteiger partial charge on any atom is -0.450 e. The van der Waals surface area contributed by atoms with E-state index in [-0.39, 0.29) is 6.09 Å². The Labute approximate surface area is 150 Å². The minimum atomic E-state index is -0.272. The molecule has 8 nitrogen and oxygen atoms in total. The van der Waals surface area contributed by atoms with Crippen LogP contribution >= 0.6 is 11.6 Å². The third kappa shape index (κ3) is 4.48. The first kappa shape index (κ1) is 17.2. The molecule has 3 rings (SSSR count). The highest BCUT2D eigenvalue weighted by Gasteiger charge is 2.23. The van der Waals surface area contributed by atoms with E-state index in [0.29, 0.717) is 49.6 Å². The third-order valence-corrected chi connectivity index (χ3v) is 3.99. The molecule has 2 heterocycles. The van der Waals surface area contributed by atoms with Crippen molar-refractivity contribution < 1.29 is 9.53 Å². The van der Waals surface area contributed by atoms with Gasteiger partial charge >= 0.3 is 6.09 Å². The van der Waals surface area contributed by atoms with Crippen LogP contribution < -0.4 is 10.2 Å². The van der Waals surface area contributed by atoms with E-state index in [9.17, 15) is 4.79 Å². The van der Waals surface area contributed by atoms with Crippen molar-refractivity contribution in [3.05, 3.63) is 35.5 Å². The number of halogens is 1. The first-order valence-corrected chi connectivity index (χ1v) is 8.42. The largest absolute Gasteiger partial charge is 0.450 e. The zero-order chi connectivity index (χ0) is 17.6. The van der Waals surface area contributed by atoms with Gasteiger partial charge in [0.15, 0.2) is 5.82 Å². The molecule has 1 fully saturated rings.